The van der Waals surface area contributed by atoms with E-state index < -0.39 is 0 Å². The molecule has 0 amide bonds. The van der Waals surface area contributed by atoms with E-state index in [0.717, 1.165) is 0 Å². The number of hydrogen-bond acceptors (Lipinski definition) is 1. The minimum atomic E-state index is -0.155. The van der Waals surface area contributed by atoms with Crippen LogP contribution in [0.2, 0.25) is 0 Å². The highest BCUT2D eigenvalue weighted by molar-refractivity contribution is 5.61. The molecule has 1 atom stereocenters. The van der Waals surface area contributed by atoms with Crippen LogP contribution in [0.3, 0.4) is 0 Å². The van der Waals surface area contributed by atoms with Crippen LogP contribution in [-0.4, -0.2) is 0 Å². The van der Waals surface area contributed by atoms with Crippen molar-refractivity contribution in [3.8, 4) is 0 Å². The summed E-state index contributed by atoms with van der Waals surface area (Å²) >= 11 is 0. The monoisotopic (exact) mass is 331 g/mol. The average Bonchev–Trinajstić information content (AvgIpc) is 2.97. The van der Waals surface area contributed by atoms with Gasteiger partial charge in [-0.1, -0.05) is 65.8 Å². The number of nitrogens with one attached hydrogen (secondary N) is 1. The van der Waals surface area contributed by atoms with Crippen molar-refractivity contribution in [2.45, 2.75) is 53.0 Å². The van der Waals surface area contributed by atoms with E-state index in [9.17, 15) is 0 Å². The van der Waals surface area contributed by atoms with Crippen LogP contribution in [0.1, 0.15) is 54.5 Å². The number of allylic oxidation sites excluding steroid dienone is 4. The van der Waals surface area contributed by atoms with Gasteiger partial charge in [0.1, 0.15) is 0 Å². The van der Waals surface area contributed by atoms with Gasteiger partial charge in [0.15, 0.2) is 0 Å². The van der Waals surface area contributed by atoms with Crippen LogP contribution in [0.15, 0.2) is 60.2 Å². The van der Waals surface area contributed by atoms with Crippen molar-refractivity contribution in [3.05, 3.63) is 88.0 Å². The van der Waals surface area contributed by atoms with Crippen LogP contribution < -0.4 is 5.32 Å². The summed E-state index contributed by atoms with van der Waals surface area (Å²) in [5.41, 5.74) is 9.18. The normalized spacial score (nSPS) is 16.9. The molecule has 2 aromatic carbocycles. The van der Waals surface area contributed by atoms with Gasteiger partial charge in [0.05, 0.1) is 5.54 Å². The maximum Gasteiger partial charge on any atom is 0.0572 e. The maximum atomic E-state index is 3.83. The topological polar surface area (TPSA) is 12.0 Å². The molecule has 0 spiro atoms. The van der Waals surface area contributed by atoms with E-state index in [2.05, 4.69) is 101 Å². The van der Waals surface area contributed by atoms with Gasteiger partial charge < -0.3 is 5.32 Å². The molecule has 1 aliphatic rings. The lowest BCUT2D eigenvalue weighted by Gasteiger charge is -2.33. The highest BCUT2D eigenvalue weighted by Crippen LogP contribution is 2.38. The van der Waals surface area contributed by atoms with E-state index in [0.29, 0.717) is 5.92 Å². The van der Waals surface area contributed by atoms with Crippen LogP contribution >= 0.6 is 0 Å². The Bertz CT molecular complexity index is 829. The Morgan fingerprint density at radius 3 is 2.16 bits per heavy atom. The largest absolute Gasteiger partial charge is 0.376 e. The van der Waals surface area contributed by atoms with Gasteiger partial charge in [0.2, 0.25) is 0 Å². The van der Waals surface area contributed by atoms with E-state index >= 15 is 0 Å². The molecule has 1 aliphatic carbocycles. The third-order valence-electron chi connectivity index (χ3n) is 5.24. The number of anilines is 1. The Balaban J connectivity index is 2.02. The Morgan fingerprint density at radius 2 is 1.56 bits per heavy atom. The average molecular weight is 332 g/mol. The number of aryl methyl sites for hydroxylation is 3. The summed E-state index contributed by atoms with van der Waals surface area (Å²) in [4.78, 5) is 0. The van der Waals surface area contributed by atoms with Gasteiger partial charge in [-0.2, -0.15) is 0 Å². The molecular formula is C24H29N. The number of rotatable bonds is 4. The van der Waals surface area contributed by atoms with Crippen molar-refractivity contribution in [2.24, 2.45) is 0 Å². The highest BCUT2D eigenvalue weighted by atomic mass is 15.0. The first kappa shape index (κ1) is 17.5. The zero-order valence-electron chi connectivity index (χ0n) is 16.3. The quantitative estimate of drug-likeness (QED) is 0.669. The molecule has 0 radical (unpaired) electrons. The van der Waals surface area contributed by atoms with Crippen molar-refractivity contribution in [3.63, 3.8) is 0 Å². The van der Waals surface area contributed by atoms with E-state index in [1.165, 1.54) is 39.1 Å². The SMILES string of the molecule is CC1=CC=CC1c1ccccc1C(C)(C)Nc1c(C)cc(C)cc1C. The van der Waals surface area contributed by atoms with Crippen LogP contribution in [-0.2, 0) is 5.54 Å². The summed E-state index contributed by atoms with van der Waals surface area (Å²) in [5.74, 6) is 0.387. The fourth-order valence-electron chi connectivity index (χ4n) is 4.02. The van der Waals surface area contributed by atoms with Gasteiger partial charge in [0, 0.05) is 11.6 Å². The molecule has 0 fully saturated rings. The molecule has 1 nitrogen and oxygen atoms in total. The maximum absolute atomic E-state index is 3.83. The summed E-state index contributed by atoms with van der Waals surface area (Å²) in [5, 5.41) is 3.83. The molecule has 130 valence electrons. The highest BCUT2D eigenvalue weighted by Gasteiger charge is 2.27. The van der Waals surface area contributed by atoms with Gasteiger partial charge in [-0.15, -0.1) is 0 Å². The number of hydrogen-bond donors (Lipinski definition) is 1. The standard InChI is InChI=1S/C24H29N/c1-16-14-18(3)23(19(4)15-16)25-24(5,6)22-13-8-7-11-21(22)20-12-9-10-17(20)2/h7-15,20,25H,1-6H3. The molecular weight excluding hydrogens is 302 g/mol. The minimum absolute atomic E-state index is 0.155. The molecule has 1 unspecified atom stereocenters. The van der Waals surface area contributed by atoms with Gasteiger partial charge in [0.25, 0.3) is 0 Å². The van der Waals surface area contributed by atoms with Crippen LogP contribution in [0, 0.1) is 20.8 Å². The lowest BCUT2D eigenvalue weighted by Crippen LogP contribution is -2.30. The molecule has 0 saturated heterocycles. The third kappa shape index (κ3) is 3.42. The molecule has 0 aromatic heterocycles. The van der Waals surface area contributed by atoms with Gasteiger partial charge in [-0.25, -0.2) is 0 Å². The second-order valence-corrected chi connectivity index (χ2v) is 7.88. The van der Waals surface area contributed by atoms with Crippen molar-refractivity contribution >= 4 is 5.69 Å². The van der Waals surface area contributed by atoms with Crippen LogP contribution in [0.25, 0.3) is 0 Å². The lowest BCUT2D eigenvalue weighted by molar-refractivity contribution is 0.599. The second kappa shape index (κ2) is 6.55. The summed E-state index contributed by atoms with van der Waals surface area (Å²) in [6.45, 7) is 13.3. The molecule has 1 N–H and O–H groups in total. The molecule has 1 heteroatoms. The predicted molar refractivity (Wildman–Crippen MR) is 109 cm³/mol. The van der Waals surface area contributed by atoms with Gasteiger partial charge in [-0.05, 0) is 63.8 Å². The Morgan fingerprint density at radius 1 is 0.920 bits per heavy atom. The van der Waals surface area contributed by atoms with Crippen molar-refractivity contribution < 1.29 is 0 Å². The summed E-state index contributed by atoms with van der Waals surface area (Å²) in [6, 6.07) is 13.3. The smallest absolute Gasteiger partial charge is 0.0572 e. The third-order valence-corrected chi connectivity index (χ3v) is 5.24. The molecule has 0 heterocycles. The minimum Gasteiger partial charge on any atom is -0.376 e. The van der Waals surface area contributed by atoms with Crippen LogP contribution in [0.4, 0.5) is 5.69 Å². The van der Waals surface area contributed by atoms with Crippen molar-refractivity contribution in [1.29, 1.82) is 0 Å². The summed E-state index contributed by atoms with van der Waals surface area (Å²) in [6.07, 6.45) is 6.69. The Labute approximate surface area is 152 Å². The molecule has 0 bridgehead atoms. The first-order valence-corrected chi connectivity index (χ1v) is 9.10. The Hall–Kier alpha value is -2.28. The number of benzene rings is 2. The molecule has 2 aromatic rings. The molecule has 3 rings (SSSR count). The fourth-order valence-corrected chi connectivity index (χ4v) is 4.02. The molecule has 0 saturated carbocycles. The first-order valence-electron chi connectivity index (χ1n) is 9.10. The fraction of sp³-hybridized carbons (Fsp3) is 0.333. The van der Waals surface area contributed by atoms with Crippen molar-refractivity contribution in [1.82, 2.24) is 0 Å². The van der Waals surface area contributed by atoms with Gasteiger partial charge >= 0.3 is 0 Å². The second-order valence-electron chi connectivity index (χ2n) is 7.88. The van der Waals surface area contributed by atoms with Gasteiger partial charge in [-0.3, -0.25) is 0 Å². The van der Waals surface area contributed by atoms with E-state index in [4.69, 9.17) is 0 Å². The first-order chi connectivity index (χ1) is 11.8. The molecule has 0 aliphatic heterocycles. The summed E-state index contributed by atoms with van der Waals surface area (Å²) < 4.78 is 0. The zero-order valence-corrected chi connectivity index (χ0v) is 16.3. The Kier molecular flexibility index (Phi) is 4.60. The van der Waals surface area contributed by atoms with Crippen molar-refractivity contribution in [2.75, 3.05) is 5.32 Å². The predicted octanol–water partition coefficient (Wildman–Crippen LogP) is 6.56. The lowest BCUT2D eigenvalue weighted by atomic mass is 9.82. The zero-order chi connectivity index (χ0) is 18.2. The van der Waals surface area contributed by atoms with Crippen LogP contribution in [0.5, 0.6) is 0 Å². The summed E-state index contributed by atoms with van der Waals surface area (Å²) in [7, 11) is 0. The van der Waals surface area contributed by atoms with E-state index in [1.807, 2.05) is 0 Å². The van der Waals surface area contributed by atoms with E-state index in [1.54, 1.807) is 0 Å². The molecule has 25 heavy (non-hydrogen) atoms. The van der Waals surface area contributed by atoms with E-state index in [-0.39, 0.29) is 5.54 Å².